The first kappa shape index (κ1) is 18.1. The highest BCUT2D eigenvalue weighted by atomic mass is 19.1. The van der Waals surface area contributed by atoms with E-state index in [9.17, 15) is 4.39 Å². The summed E-state index contributed by atoms with van der Waals surface area (Å²) in [5.74, 6) is 0.473. The van der Waals surface area contributed by atoms with Gasteiger partial charge in [0.15, 0.2) is 5.58 Å². The lowest BCUT2D eigenvalue weighted by Gasteiger charge is -2.29. The summed E-state index contributed by atoms with van der Waals surface area (Å²) in [7, 11) is 0. The number of amidine groups is 1. The Morgan fingerprint density at radius 3 is 2.80 bits per heavy atom. The minimum absolute atomic E-state index is 0.253. The zero-order chi connectivity index (χ0) is 20.5. The van der Waals surface area contributed by atoms with Gasteiger partial charge in [-0.2, -0.15) is 0 Å². The number of rotatable bonds is 4. The molecule has 0 saturated carbocycles. The Morgan fingerprint density at radius 2 is 2.00 bits per heavy atom. The van der Waals surface area contributed by atoms with E-state index in [4.69, 9.17) is 4.52 Å². The molecule has 5 rings (SSSR count). The van der Waals surface area contributed by atoms with Crippen LogP contribution in [0.3, 0.4) is 0 Å². The lowest BCUT2D eigenvalue weighted by Crippen LogP contribution is -2.46. The van der Waals surface area contributed by atoms with Gasteiger partial charge in [-0.05, 0) is 48.9 Å². The van der Waals surface area contributed by atoms with Crippen LogP contribution in [0.25, 0.3) is 22.7 Å². The molecule has 4 aromatic rings. The molecule has 0 unspecified atom stereocenters. The van der Waals surface area contributed by atoms with Crippen LogP contribution < -0.4 is 10.4 Å². The third-order valence-electron chi connectivity index (χ3n) is 4.94. The van der Waals surface area contributed by atoms with Crippen LogP contribution in [0.2, 0.25) is 0 Å². The highest BCUT2D eigenvalue weighted by Gasteiger charge is 2.14. The predicted octanol–water partition coefficient (Wildman–Crippen LogP) is 3.90. The second-order valence-electron chi connectivity index (χ2n) is 7.00. The molecule has 2 aromatic carbocycles. The van der Waals surface area contributed by atoms with E-state index in [1.807, 2.05) is 47.0 Å². The highest BCUT2D eigenvalue weighted by Crippen LogP contribution is 2.27. The third kappa shape index (κ3) is 3.43. The van der Waals surface area contributed by atoms with E-state index in [0.29, 0.717) is 18.7 Å². The van der Waals surface area contributed by atoms with Gasteiger partial charge in [-0.3, -0.25) is 15.4 Å². The molecule has 0 bridgehead atoms. The maximum absolute atomic E-state index is 13.2. The Hall–Kier alpha value is -3.94. The van der Waals surface area contributed by atoms with Crippen molar-refractivity contribution in [1.82, 2.24) is 20.1 Å². The lowest BCUT2D eigenvalue weighted by atomic mass is 10.1. The molecular weight excluding hydrogens is 383 g/mol. The second kappa shape index (κ2) is 7.47. The Bertz CT molecular complexity index is 1250. The first-order valence-corrected chi connectivity index (χ1v) is 9.58. The minimum Gasteiger partial charge on any atom is -0.354 e. The zero-order valence-corrected chi connectivity index (χ0v) is 16.3. The lowest BCUT2D eigenvalue weighted by molar-refractivity contribution is 0.455. The van der Waals surface area contributed by atoms with Crippen LogP contribution in [0.1, 0.15) is 11.3 Å². The molecule has 8 heteroatoms. The monoisotopic (exact) mass is 402 g/mol. The van der Waals surface area contributed by atoms with Crippen molar-refractivity contribution in [3.05, 3.63) is 78.3 Å². The summed E-state index contributed by atoms with van der Waals surface area (Å²) in [6.45, 7) is 3.29. The fourth-order valence-corrected chi connectivity index (χ4v) is 3.44. The number of aromatic nitrogens is 3. The highest BCUT2D eigenvalue weighted by molar-refractivity contribution is 6.00. The molecule has 3 heterocycles. The molecule has 0 atom stereocenters. The number of hydrogen-bond donors (Lipinski definition) is 1. The largest absolute Gasteiger partial charge is 0.354 e. The number of nitrogens with zero attached hydrogens (tertiary/aromatic N) is 5. The molecule has 0 radical (unpaired) electrons. The molecule has 0 fully saturated rings. The normalized spacial score (nSPS) is 14.3. The van der Waals surface area contributed by atoms with Crippen LogP contribution in [0.15, 0.2) is 70.7 Å². The fraction of sp³-hybridized carbons (Fsp3) is 0.136. The first-order chi connectivity index (χ1) is 14.7. The predicted molar refractivity (Wildman–Crippen MR) is 114 cm³/mol. The van der Waals surface area contributed by atoms with Gasteiger partial charge in [0.25, 0.3) is 0 Å². The third-order valence-corrected chi connectivity index (χ3v) is 4.94. The number of halogens is 1. The minimum atomic E-state index is -0.253. The van der Waals surface area contributed by atoms with Crippen molar-refractivity contribution < 1.29 is 8.91 Å². The van der Waals surface area contributed by atoms with Gasteiger partial charge in [-0.25, -0.2) is 9.37 Å². The summed E-state index contributed by atoms with van der Waals surface area (Å²) in [5.41, 5.74) is 7.63. The summed E-state index contributed by atoms with van der Waals surface area (Å²) >= 11 is 0. The summed E-state index contributed by atoms with van der Waals surface area (Å²) < 4.78 is 20.6. The first-order valence-electron chi connectivity index (χ1n) is 9.58. The van der Waals surface area contributed by atoms with Crippen LogP contribution >= 0.6 is 0 Å². The molecule has 2 aromatic heterocycles. The second-order valence-corrected chi connectivity index (χ2v) is 7.00. The van der Waals surface area contributed by atoms with E-state index in [1.54, 1.807) is 24.7 Å². The van der Waals surface area contributed by atoms with Crippen LogP contribution in [-0.2, 0) is 0 Å². The Labute approximate surface area is 172 Å². The van der Waals surface area contributed by atoms with Crippen molar-refractivity contribution in [2.45, 2.75) is 6.92 Å². The molecule has 0 amide bonds. The molecule has 0 spiro atoms. The smallest absolute Gasteiger partial charge is 0.191 e. The van der Waals surface area contributed by atoms with E-state index in [-0.39, 0.29) is 5.82 Å². The summed E-state index contributed by atoms with van der Waals surface area (Å²) in [4.78, 5) is 8.80. The van der Waals surface area contributed by atoms with E-state index >= 15 is 0 Å². The van der Waals surface area contributed by atoms with Crippen LogP contribution in [0, 0.1) is 12.7 Å². The van der Waals surface area contributed by atoms with Crippen molar-refractivity contribution >= 4 is 28.6 Å². The fourth-order valence-electron chi connectivity index (χ4n) is 3.44. The van der Waals surface area contributed by atoms with Gasteiger partial charge in [-0.1, -0.05) is 17.3 Å². The number of benzene rings is 2. The van der Waals surface area contributed by atoms with E-state index in [1.165, 1.54) is 12.1 Å². The van der Waals surface area contributed by atoms with Crippen molar-refractivity contribution in [3.63, 3.8) is 0 Å². The molecule has 1 N–H and O–H groups in total. The number of hydrazine groups is 1. The number of aryl methyl sites for hydroxylation is 1. The van der Waals surface area contributed by atoms with Gasteiger partial charge in [0.2, 0.25) is 0 Å². The number of fused-ring (bicyclic) bond motifs is 1. The van der Waals surface area contributed by atoms with E-state index in [2.05, 4.69) is 20.6 Å². The summed E-state index contributed by atoms with van der Waals surface area (Å²) in [6, 6.07) is 10.4. The van der Waals surface area contributed by atoms with Gasteiger partial charge >= 0.3 is 0 Å². The Morgan fingerprint density at radius 1 is 1.13 bits per heavy atom. The van der Waals surface area contributed by atoms with Gasteiger partial charge in [0.05, 0.1) is 48.1 Å². The number of hydrogen-bond acceptors (Lipinski definition) is 6. The van der Waals surface area contributed by atoms with Crippen molar-refractivity contribution in [2.75, 3.05) is 18.1 Å². The summed E-state index contributed by atoms with van der Waals surface area (Å²) in [6.07, 6.45) is 9.30. The van der Waals surface area contributed by atoms with Crippen LogP contribution in [0.4, 0.5) is 10.1 Å². The van der Waals surface area contributed by atoms with Crippen LogP contribution in [0.5, 0.6) is 0 Å². The van der Waals surface area contributed by atoms with Gasteiger partial charge in [0, 0.05) is 6.20 Å². The van der Waals surface area contributed by atoms with Gasteiger partial charge in [0.1, 0.15) is 11.7 Å². The maximum Gasteiger partial charge on any atom is 0.191 e. The molecule has 1 aliphatic heterocycles. The summed E-state index contributed by atoms with van der Waals surface area (Å²) in [5, 5.41) is 6.84. The number of imidazole rings is 1. The average molecular weight is 402 g/mol. The number of aliphatic imine (C=N–C) groups is 1. The molecule has 150 valence electrons. The van der Waals surface area contributed by atoms with E-state index in [0.717, 1.165) is 33.9 Å². The molecule has 7 nitrogen and oxygen atoms in total. The topological polar surface area (TPSA) is 71.5 Å². The van der Waals surface area contributed by atoms with Crippen molar-refractivity contribution in [2.24, 2.45) is 4.99 Å². The quantitative estimate of drug-likeness (QED) is 0.561. The Balaban J connectivity index is 1.40. The van der Waals surface area contributed by atoms with Crippen LogP contribution in [-0.4, -0.2) is 33.6 Å². The molecular formula is C22H19FN6O. The van der Waals surface area contributed by atoms with E-state index < -0.39 is 0 Å². The number of anilines is 1. The molecule has 0 saturated heterocycles. The SMILES string of the molecule is Cc1cn(-c2ccc(/C=C/C3=NCCN(c4ccc(F)cc4)N3)c3cnoc23)cn1. The van der Waals surface area contributed by atoms with Crippen molar-refractivity contribution in [1.29, 1.82) is 0 Å². The van der Waals surface area contributed by atoms with Gasteiger partial charge < -0.3 is 9.09 Å². The van der Waals surface area contributed by atoms with Gasteiger partial charge in [-0.15, -0.1) is 0 Å². The van der Waals surface area contributed by atoms with Crippen molar-refractivity contribution in [3.8, 4) is 5.69 Å². The number of nitrogens with one attached hydrogen (secondary N) is 1. The maximum atomic E-state index is 13.2. The standard InChI is InChI=1S/C22H19FN6O/c1-15-13-28(14-25-15)20-8-2-16(19-12-26-30-22(19)20)3-9-21-24-10-11-29(27-21)18-6-4-17(23)5-7-18/h2-9,12-14H,10-11H2,1H3,(H,24,27)/b9-3+. The molecule has 30 heavy (non-hydrogen) atoms. The molecule has 0 aliphatic carbocycles. The molecule has 1 aliphatic rings. The zero-order valence-electron chi connectivity index (χ0n) is 16.3. The average Bonchev–Trinajstić information content (AvgIpc) is 3.42. The Kier molecular flexibility index (Phi) is 4.51.